The minimum Gasteiger partial charge on any atom is -0.342 e. The van der Waals surface area contributed by atoms with Crippen LogP contribution in [0.15, 0.2) is 16.7 Å². The van der Waals surface area contributed by atoms with Gasteiger partial charge in [-0.1, -0.05) is 5.16 Å². The van der Waals surface area contributed by atoms with Crippen LogP contribution in [-0.2, 0) is 4.79 Å². The number of hydrogen-bond donors (Lipinski definition) is 0. The van der Waals surface area contributed by atoms with Crippen LogP contribution in [-0.4, -0.2) is 34.0 Å². The monoisotopic (exact) mass is 331 g/mol. The maximum atomic E-state index is 12.8. The largest absolute Gasteiger partial charge is 0.342 e. The number of aryl methyl sites for hydroxylation is 2. The summed E-state index contributed by atoms with van der Waals surface area (Å²) in [5, 5.41) is 4.04. The van der Waals surface area contributed by atoms with Crippen molar-refractivity contribution in [2.75, 3.05) is 13.1 Å². The average molecular weight is 331 g/mol. The van der Waals surface area contributed by atoms with Gasteiger partial charge in [-0.3, -0.25) is 4.79 Å². The quantitative estimate of drug-likeness (QED) is 0.866. The number of carbonyl (C=O) groups is 1. The smallest absolute Gasteiger partial charge is 0.226 e. The van der Waals surface area contributed by atoms with Crippen LogP contribution >= 0.6 is 11.3 Å². The fraction of sp³-hybridized carbons (Fsp3) is 0.588. The normalized spacial score (nSPS) is 27.2. The lowest BCUT2D eigenvalue weighted by Crippen LogP contribution is -2.40. The predicted molar refractivity (Wildman–Crippen MR) is 87.5 cm³/mol. The third-order valence-corrected chi connectivity index (χ3v) is 6.01. The molecule has 0 radical (unpaired) electrons. The molecular formula is C17H21N3O2S. The highest BCUT2D eigenvalue weighted by molar-refractivity contribution is 7.12. The molecule has 2 aliphatic rings. The van der Waals surface area contributed by atoms with Gasteiger partial charge >= 0.3 is 0 Å². The van der Waals surface area contributed by atoms with Crippen molar-refractivity contribution in [2.45, 2.75) is 44.9 Å². The van der Waals surface area contributed by atoms with Crippen molar-refractivity contribution in [3.05, 3.63) is 33.6 Å². The van der Waals surface area contributed by atoms with E-state index < -0.39 is 0 Å². The van der Waals surface area contributed by atoms with Crippen molar-refractivity contribution in [3.8, 4) is 0 Å². The van der Waals surface area contributed by atoms with Crippen LogP contribution in [0.2, 0.25) is 0 Å². The zero-order valence-electron chi connectivity index (χ0n) is 13.5. The third-order valence-electron chi connectivity index (χ3n) is 4.88. The van der Waals surface area contributed by atoms with E-state index in [1.807, 2.05) is 16.2 Å². The van der Waals surface area contributed by atoms with Crippen LogP contribution in [0.5, 0.6) is 0 Å². The standard InChI is InChI=1S/C17H21N3O2S/c1-10-5-6-15(23-10)13-8-14(13)17(21)20-7-3-4-12(9-20)16-18-11(2)22-19-16/h5-6,12-14H,3-4,7-9H2,1-2H3/t12-,13+,14-/m1/s1. The molecule has 5 nitrogen and oxygen atoms in total. The minimum atomic E-state index is 0.179. The lowest BCUT2D eigenvalue weighted by Gasteiger charge is -2.31. The summed E-state index contributed by atoms with van der Waals surface area (Å²) >= 11 is 1.82. The number of amides is 1. The number of rotatable bonds is 3. The van der Waals surface area contributed by atoms with Crippen LogP contribution in [0, 0.1) is 19.8 Å². The first kappa shape index (κ1) is 14.9. The van der Waals surface area contributed by atoms with Crippen molar-refractivity contribution in [1.82, 2.24) is 15.0 Å². The van der Waals surface area contributed by atoms with Gasteiger partial charge in [-0.15, -0.1) is 11.3 Å². The van der Waals surface area contributed by atoms with E-state index in [0.29, 0.717) is 17.7 Å². The number of nitrogens with zero attached hydrogens (tertiary/aromatic N) is 3. The van der Waals surface area contributed by atoms with Crippen LogP contribution in [0.1, 0.15) is 52.6 Å². The Hall–Kier alpha value is -1.69. The number of hydrogen-bond acceptors (Lipinski definition) is 5. The summed E-state index contributed by atoms with van der Waals surface area (Å²) in [4.78, 5) is 21.8. The number of likely N-dealkylation sites (tertiary alicyclic amines) is 1. The van der Waals surface area contributed by atoms with Crippen LogP contribution < -0.4 is 0 Å². The number of thiophene rings is 1. The molecule has 2 aromatic rings. The van der Waals surface area contributed by atoms with Gasteiger partial charge in [0, 0.05) is 47.5 Å². The predicted octanol–water partition coefficient (Wildman–Crippen LogP) is 3.26. The molecule has 2 aromatic heterocycles. The summed E-state index contributed by atoms with van der Waals surface area (Å²) in [5.41, 5.74) is 0. The molecule has 3 heterocycles. The molecule has 0 spiro atoms. The lowest BCUT2D eigenvalue weighted by atomic mass is 9.97. The molecule has 2 fully saturated rings. The Morgan fingerprint density at radius 1 is 1.39 bits per heavy atom. The molecule has 6 heteroatoms. The highest BCUT2D eigenvalue weighted by Gasteiger charge is 2.47. The Bertz CT molecular complexity index is 723. The summed E-state index contributed by atoms with van der Waals surface area (Å²) in [6, 6.07) is 4.33. The Morgan fingerprint density at radius 3 is 2.96 bits per heavy atom. The fourth-order valence-corrected chi connectivity index (χ4v) is 4.59. The highest BCUT2D eigenvalue weighted by Crippen LogP contribution is 2.50. The molecule has 1 aliphatic heterocycles. The van der Waals surface area contributed by atoms with Gasteiger partial charge in [0.05, 0.1) is 0 Å². The van der Waals surface area contributed by atoms with E-state index in [-0.39, 0.29) is 11.8 Å². The maximum Gasteiger partial charge on any atom is 0.226 e. The fourth-order valence-electron chi connectivity index (χ4n) is 3.54. The van der Waals surface area contributed by atoms with E-state index in [0.717, 1.165) is 38.2 Å². The van der Waals surface area contributed by atoms with Gasteiger partial charge in [-0.25, -0.2) is 0 Å². The van der Waals surface area contributed by atoms with Crippen molar-refractivity contribution >= 4 is 17.2 Å². The van der Waals surface area contributed by atoms with Gasteiger partial charge in [0.2, 0.25) is 11.8 Å². The molecule has 1 aliphatic carbocycles. The number of piperidine rings is 1. The van der Waals surface area contributed by atoms with E-state index in [2.05, 4.69) is 29.2 Å². The van der Waals surface area contributed by atoms with E-state index in [1.54, 1.807) is 6.92 Å². The maximum absolute atomic E-state index is 12.8. The molecule has 0 aromatic carbocycles. The highest BCUT2D eigenvalue weighted by atomic mass is 32.1. The zero-order chi connectivity index (χ0) is 16.0. The van der Waals surface area contributed by atoms with Gasteiger partial charge in [0.1, 0.15) is 0 Å². The minimum absolute atomic E-state index is 0.179. The van der Waals surface area contributed by atoms with Crippen molar-refractivity contribution < 1.29 is 9.32 Å². The average Bonchev–Trinajstić information content (AvgIpc) is 3.04. The molecule has 0 unspecified atom stereocenters. The SMILES string of the molecule is Cc1nc([C@@H]2CCCN(C(=O)[C@@H]3C[C@@H]3c3ccc(C)s3)C2)no1. The molecule has 1 amide bonds. The van der Waals surface area contributed by atoms with Crippen molar-refractivity contribution in [2.24, 2.45) is 5.92 Å². The second kappa shape index (κ2) is 5.74. The molecule has 0 bridgehead atoms. The summed E-state index contributed by atoms with van der Waals surface area (Å²) < 4.78 is 5.09. The van der Waals surface area contributed by atoms with Gasteiger partial charge in [0.25, 0.3) is 0 Å². The number of carbonyl (C=O) groups excluding carboxylic acids is 1. The lowest BCUT2D eigenvalue weighted by molar-refractivity contribution is -0.133. The Morgan fingerprint density at radius 2 is 2.26 bits per heavy atom. The Balaban J connectivity index is 1.41. The van der Waals surface area contributed by atoms with Crippen LogP contribution in [0.3, 0.4) is 0 Å². The first-order valence-electron chi connectivity index (χ1n) is 8.27. The van der Waals surface area contributed by atoms with Crippen LogP contribution in [0.4, 0.5) is 0 Å². The van der Waals surface area contributed by atoms with Gasteiger partial charge < -0.3 is 9.42 Å². The second-order valence-electron chi connectivity index (χ2n) is 6.69. The Labute approximate surface area is 139 Å². The van der Waals surface area contributed by atoms with Crippen molar-refractivity contribution in [3.63, 3.8) is 0 Å². The molecule has 3 atom stereocenters. The molecule has 4 rings (SSSR count). The second-order valence-corrected chi connectivity index (χ2v) is 8.01. The van der Waals surface area contributed by atoms with E-state index in [1.165, 1.54) is 9.75 Å². The Kier molecular flexibility index (Phi) is 3.71. The summed E-state index contributed by atoms with van der Waals surface area (Å²) in [6.07, 6.45) is 3.04. The molecule has 1 saturated carbocycles. The molecule has 122 valence electrons. The first-order chi connectivity index (χ1) is 11.1. The van der Waals surface area contributed by atoms with Gasteiger partial charge in [0.15, 0.2) is 5.82 Å². The summed E-state index contributed by atoms with van der Waals surface area (Å²) in [5.74, 6) is 2.49. The zero-order valence-corrected chi connectivity index (χ0v) is 14.3. The van der Waals surface area contributed by atoms with E-state index >= 15 is 0 Å². The topological polar surface area (TPSA) is 59.2 Å². The van der Waals surface area contributed by atoms with E-state index in [9.17, 15) is 4.79 Å². The van der Waals surface area contributed by atoms with Crippen molar-refractivity contribution in [1.29, 1.82) is 0 Å². The molecule has 23 heavy (non-hydrogen) atoms. The van der Waals surface area contributed by atoms with Crippen LogP contribution in [0.25, 0.3) is 0 Å². The van der Waals surface area contributed by atoms with Gasteiger partial charge in [-0.2, -0.15) is 4.98 Å². The summed E-state index contributed by atoms with van der Waals surface area (Å²) in [7, 11) is 0. The van der Waals surface area contributed by atoms with Gasteiger partial charge in [-0.05, 0) is 38.3 Å². The molecular weight excluding hydrogens is 310 g/mol. The molecule has 1 saturated heterocycles. The first-order valence-corrected chi connectivity index (χ1v) is 9.09. The van der Waals surface area contributed by atoms with E-state index in [4.69, 9.17) is 4.52 Å². The third kappa shape index (κ3) is 2.92. The summed E-state index contributed by atoms with van der Waals surface area (Å²) in [6.45, 7) is 5.51. The number of aromatic nitrogens is 2. The molecule has 0 N–H and O–H groups in total.